The van der Waals surface area contributed by atoms with E-state index in [0.717, 1.165) is 6.42 Å². The van der Waals surface area contributed by atoms with Crippen LogP contribution in [-0.2, 0) is 11.8 Å². The number of fused-ring (bicyclic) bond motifs is 4. The van der Waals surface area contributed by atoms with E-state index in [-0.39, 0.29) is 5.41 Å². The molecule has 2 nitrogen and oxygen atoms in total. The summed E-state index contributed by atoms with van der Waals surface area (Å²) in [5.41, 5.74) is 16.0. The first-order chi connectivity index (χ1) is 25.8. The Morgan fingerprint density at radius 2 is 1.53 bits per heavy atom. The molecule has 2 heteroatoms. The summed E-state index contributed by atoms with van der Waals surface area (Å²) < 4.78 is 2.43. The van der Waals surface area contributed by atoms with Gasteiger partial charge >= 0.3 is 0 Å². The van der Waals surface area contributed by atoms with Gasteiger partial charge in [0.15, 0.2) is 0 Å². The van der Waals surface area contributed by atoms with Gasteiger partial charge in [0.25, 0.3) is 0 Å². The molecule has 5 aromatic rings. The highest BCUT2D eigenvalue weighted by Gasteiger charge is 2.23. The topological polar surface area (TPSA) is 28.7 Å². The highest BCUT2D eigenvalue weighted by Crippen LogP contribution is 2.39. The number of hydrogen-bond donors (Lipinski definition) is 0. The van der Waals surface area contributed by atoms with Gasteiger partial charge in [0.05, 0.1) is 17.1 Å². The largest absolute Gasteiger partial charge is 0.309 e. The van der Waals surface area contributed by atoms with Gasteiger partial charge in [0, 0.05) is 28.3 Å². The van der Waals surface area contributed by atoms with Crippen LogP contribution in [0.15, 0.2) is 181 Å². The van der Waals surface area contributed by atoms with E-state index in [1.807, 2.05) is 69.3 Å². The number of allylic oxidation sites excluding steroid dienone is 11. The predicted molar refractivity (Wildman–Crippen MR) is 233 cm³/mol. The van der Waals surface area contributed by atoms with E-state index in [0.29, 0.717) is 6.42 Å². The average molecular weight is 697 g/mol. The first-order valence-electron chi connectivity index (χ1n) is 18.7. The quantitative estimate of drug-likeness (QED) is 0.104. The molecule has 0 atom stereocenters. The van der Waals surface area contributed by atoms with Crippen molar-refractivity contribution in [3.8, 4) is 11.8 Å². The lowest BCUT2D eigenvalue weighted by Crippen LogP contribution is -2.17. The third-order valence-corrected chi connectivity index (χ3v) is 8.96. The number of rotatable bonds is 4. The van der Waals surface area contributed by atoms with Crippen LogP contribution in [0.2, 0.25) is 0 Å². The lowest BCUT2D eigenvalue weighted by Gasteiger charge is -2.26. The van der Waals surface area contributed by atoms with Crippen molar-refractivity contribution in [3.05, 3.63) is 198 Å². The highest BCUT2D eigenvalue weighted by molar-refractivity contribution is 6.10. The minimum Gasteiger partial charge on any atom is -0.309 e. The molecule has 1 aromatic heterocycles. The van der Waals surface area contributed by atoms with Crippen LogP contribution in [0.4, 0.5) is 0 Å². The molecule has 1 heterocycles. The van der Waals surface area contributed by atoms with Gasteiger partial charge in [0.1, 0.15) is 0 Å². The Hall–Kier alpha value is -5.87. The van der Waals surface area contributed by atoms with E-state index in [9.17, 15) is 0 Å². The fourth-order valence-corrected chi connectivity index (χ4v) is 6.62. The summed E-state index contributed by atoms with van der Waals surface area (Å²) in [5, 5.41) is 10.2. The molecule has 53 heavy (non-hydrogen) atoms. The zero-order valence-corrected chi connectivity index (χ0v) is 33.1. The van der Waals surface area contributed by atoms with E-state index in [2.05, 4.69) is 161 Å². The Morgan fingerprint density at radius 1 is 0.887 bits per heavy atom. The zero-order valence-electron chi connectivity index (χ0n) is 33.1. The Kier molecular flexibility index (Phi) is 16.3. The maximum atomic E-state index is 7.62. The summed E-state index contributed by atoms with van der Waals surface area (Å²) >= 11 is 0. The van der Waals surface area contributed by atoms with Gasteiger partial charge < -0.3 is 4.57 Å². The van der Waals surface area contributed by atoms with Crippen molar-refractivity contribution in [3.63, 3.8) is 0 Å². The van der Waals surface area contributed by atoms with Crippen molar-refractivity contribution in [1.29, 1.82) is 5.26 Å². The Balaban J connectivity index is 0.000000464. The van der Waals surface area contributed by atoms with Crippen molar-refractivity contribution in [2.75, 3.05) is 0 Å². The summed E-state index contributed by atoms with van der Waals surface area (Å²) in [6.07, 6.45) is 19.0. The SMILES string of the molecule is C/C=C\C(C)=C(\C1=CC=C=C1C)c1ccc2c(c1)c1ccccc1n2-c1ccc2c(c1)C/C=C\C=C/C2(C)C.C=C.CC.CCC#N.c1ccccc1. The van der Waals surface area contributed by atoms with E-state index < -0.39 is 0 Å². The van der Waals surface area contributed by atoms with Gasteiger partial charge in [-0.2, -0.15) is 5.26 Å². The smallest absolute Gasteiger partial charge is 0.0618 e. The maximum Gasteiger partial charge on any atom is 0.0618 e. The van der Waals surface area contributed by atoms with Crippen molar-refractivity contribution < 1.29 is 0 Å². The monoisotopic (exact) mass is 696 g/mol. The van der Waals surface area contributed by atoms with Gasteiger partial charge in [0.2, 0.25) is 0 Å². The molecule has 0 amide bonds. The minimum absolute atomic E-state index is 0.00175. The molecule has 7 rings (SSSR count). The van der Waals surface area contributed by atoms with Gasteiger partial charge in [-0.05, 0) is 109 Å². The Labute approximate surface area is 319 Å². The van der Waals surface area contributed by atoms with Crippen molar-refractivity contribution in [1.82, 2.24) is 4.57 Å². The lowest BCUT2D eigenvalue weighted by atomic mass is 9.79. The molecular formula is C51H56N2. The second-order valence-corrected chi connectivity index (χ2v) is 12.9. The molecule has 0 fully saturated rings. The van der Waals surface area contributed by atoms with Crippen LogP contribution < -0.4 is 0 Å². The maximum absolute atomic E-state index is 7.62. The van der Waals surface area contributed by atoms with Crippen molar-refractivity contribution in [2.24, 2.45) is 0 Å². The third kappa shape index (κ3) is 10.1. The molecule has 0 bridgehead atoms. The molecule has 4 aromatic carbocycles. The number of hydrogen-bond acceptors (Lipinski definition) is 1. The Morgan fingerprint density at radius 3 is 2.13 bits per heavy atom. The van der Waals surface area contributed by atoms with Gasteiger partial charge in [-0.15, -0.1) is 18.9 Å². The standard InChI is InChI=1S/C38H35N.C6H6.C3H5N.C2H6.C2H4/c1-6-13-27(3)37(31-17-12-14-26(31)2)29-19-22-36-33(25-29)32-16-9-10-18-35(32)39(36)30-20-21-34-28(24-30)15-8-7-11-23-38(34,4)5;1-2-4-6-5-3-1;1-2-3-4;2*1-2/h6-13,16-25H,15H2,1-5H3;1-6H;2H2,1H3;1-2H3;1-2H2/b8-7-,13-6-,23-11-,37-27+;;;;. The number of aromatic nitrogens is 1. The molecule has 2 aliphatic rings. The van der Waals surface area contributed by atoms with E-state index >= 15 is 0 Å². The van der Waals surface area contributed by atoms with Crippen LogP contribution >= 0.6 is 0 Å². The van der Waals surface area contributed by atoms with Crippen LogP contribution in [0.5, 0.6) is 0 Å². The first kappa shape index (κ1) is 41.5. The zero-order chi connectivity index (χ0) is 38.8. The molecule has 0 radical (unpaired) electrons. The first-order valence-corrected chi connectivity index (χ1v) is 18.7. The third-order valence-electron chi connectivity index (χ3n) is 8.96. The summed E-state index contributed by atoms with van der Waals surface area (Å²) in [6.45, 7) is 22.9. The number of nitriles is 1. The van der Waals surface area contributed by atoms with Crippen molar-refractivity contribution in [2.45, 2.75) is 73.6 Å². The Bertz CT molecular complexity index is 2200. The number of nitrogens with zero attached hydrogens (tertiary/aromatic N) is 2. The average Bonchev–Trinajstić information content (AvgIpc) is 3.77. The summed E-state index contributed by atoms with van der Waals surface area (Å²) in [6, 6.07) is 36.7. The van der Waals surface area contributed by atoms with Crippen LogP contribution in [0.3, 0.4) is 0 Å². The molecule has 2 aliphatic carbocycles. The van der Waals surface area contributed by atoms with Crippen LogP contribution in [-0.4, -0.2) is 4.57 Å². The van der Waals surface area contributed by atoms with Crippen LogP contribution in [0, 0.1) is 11.3 Å². The van der Waals surface area contributed by atoms with Crippen LogP contribution in [0.25, 0.3) is 33.1 Å². The number of para-hydroxylation sites is 1. The second-order valence-electron chi connectivity index (χ2n) is 12.9. The molecule has 0 unspecified atom stereocenters. The predicted octanol–water partition coefficient (Wildman–Crippen LogP) is 14.6. The second kappa shape index (κ2) is 20.8. The van der Waals surface area contributed by atoms with E-state index in [4.69, 9.17) is 5.26 Å². The molecule has 0 saturated carbocycles. The summed E-state index contributed by atoms with van der Waals surface area (Å²) in [7, 11) is 0. The molecular weight excluding hydrogens is 641 g/mol. The summed E-state index contributed by atoms with van der Waals surface area (Å²) in [4.78, 5) is 0. The molecule has 0 aliphatic heterocycles. The fraction of sp³-hybridized carbons (Fsp3) is 0.216. The van der Waals surface area contributed by atoms with Gasteiger partial charge in [-0.3, -0.25) is 0 Å². The van der Waals surface area contributed by atoms with Gasteiger partial charge in [-0.1, -0.05) is 138 Å². The minimum atomic E-state index is -0.00175. The molecule has 0 N–H and O–H groups in total. The molecule has 270 valence electrons. The van der Waals surface area contributed by atoms with E-state index in [1.54, 1.807) is 0 Å². The van der Waals surface area contributed by atoms with Crippen LogP contribution in [0.1, 0.15) is 78.5 Å². The van der Waals surface area contributed by atoms with E-state index in [1.165, 1.54) is 66.5 Å². The highest BCUT2D eigenvalue weighted by atomic mass is 15.0. The molecule has 0 spiro atoms. The summed E-state index contributed by atoms with van der Waals surface area (Å²) in [5.74, 6) is 0. The van der Waals surface area contributed by atoms with Gasteiger partial charge in [-0.25, -0.2) is 0 Å². The normalized spacial score (nSPS) is 15.1. The fourth-order valence-electron chi connectivity index (χ4n) is 6.62. The van der Waals surface area contributed by atoms with Crippen molar-refractivity contribution >= 4 is 27.4 Å². The number of benzene rings is 4. The lowest BCUT2D eigenvalue weighted by molar-refractivity contribution is 0.660. The molecule has 0 saturated heterocycles.